The molecule has 5 aromatic rings. The van der Waals surface area contributed by atoms with E-state index in [4.69, 9.17) is 20.6 Å². The molecule has 190 valence electrons. The quantitative estimate of drug-likeness (QED) is 0.191. The molecule has 37 heavy (non-hydrogen) atoms. The predicted molar refractivity (Wildman–Crippen MR) is 140 cm³/mol. The Morgan fingerprint density at radius 3 is 2.24 bits per heavy atom. The van der Waals surface area contributed by atoms with Crippen molar-refractivity contribution in [3.63, 3.8) is 0 Å². The third-order valence-electron chi connectivity index (χ3n) is 5.29. The van der Waals surface area contributed by atoms with Gasteiger partial charge in [0.1, 0.15) is 5.82 Å². The van der Waals surface area contributed by atoms with Crippen LogP contribution in [-0.4, -0.2) is 27.2 Å². The molecule has 0 aliphatic carbocycles. The van der Waals surface area contributed by atoms with Crippen LogP contribution in [0.15, 0.2) is 84.9 Å². The number of carboxylic acid groups (broad SMARTS) is 1. The van der Waals surface area contributed by atoms with Crippen LogP contribution in [0.25, 0.3) is 32.2 Å². The van der Waals surface area contributed by atoms with Gasteiger partial charge in [-0.3, -0.25) is 0 Å². The van der Waals surface area contributed by atoms with Gasteiger partial charge in [0.25, 0.3) is 0 Å². The minimum Gasteiger partial charge on any atom is -0.475 e. The van der Waals surface area contributed by atoms with Crippen LogP contribution in [0, 0.1) is 0 Å². The minimum absolute atomic E-state index is 0.796. The Morgan fingerprint density at radius 2 is 1.57 bits per heavy atom. The van der Waals surface area contributed by atoms with E-state index in [1.165, 1.54) is 21.6 Å². The zero-order valence-corrected chi connectivity index (χ0v) is 20.2. The summed E-state index contributed by atoms with van der Waals surface area (Å²) in [4.78, 5) is 19.4. The second kappa shape index (κ2) is 11.3. The van der Waals surface area contributed by atoms with Crippen molar-refractivity contribution >= 4 is 34.0 Å². The van der Waals surface area contributed by atoms with Crippen LogP contribution in [0.2, 0.25) is 0 Å². The number of carbonyl (C=O) groups is 1. The zero-order chi connectivity index (χ0) is 26.4. The highest BCUT2D eigenvalue weighted by Crippen LogP contribution is 2.34. The van der Waals surface area contributed by atoms with Crippen molar-refractivity contribution in [2.45, 2.75) is 19.3 Å². The highest BCUT2D eigenvalue weighted by molar-refractivity contribution is 7.18. The number of carboxylic acids is 1. The lowest BCUT2D eigenvalue weighted by molar-refractivity contribution is -0.192. The molecule has 0 amide bonds. The van der Waals surface area contributed by atoms with Crippen LogP contribution in [0.4, 0.5) is 18.9 Å². The number of anilines is 1. The van der Waals surface area contributed by atoms with Gasteiger partial charge in [0, 0.05) is 23.7 Å². The van der Waals surface area contributed by atoms with Crippen molar-refractivity contribution in [3.05, 3.63) is 96.1 Å². The molecule has 6 nitrogen and oxygen atoms in total. The molecular weight excluding hydrogens is 501 g/mol. The van der Waals surface area contributed by atoms with E-state index in [1.807, 2.05) is 36.4 Å². The molecule has 0 saturated heterocycles. The average molecular weight is 525 g/mol. The van der Waals surface area contributed by atoms with E-state index in [1.54, 1.807) is 11.3 Å². The van der Waals surface area contributed by atoms with Crippen LogP contribution >= 0.6 is 11.3 Å². The molecule has 0 saturated carbocycles. The number of fused-ring (bicyclic) bond motifs is 1. The normalized spacial score (nSPS) is 11.2. The minimum atomic E-state index is -5.08. The Balaban J connectivity index is 0.000000405. The van der Waals surface area contributed by atoms with Gasteiger partial charge in [0.2, 0.25) is 0 Å². The number of halogens is 3. The Hall–Kier alpha value is -4.15. The Bertz CT molecular complexity index is 1480. The number of para-hydroxylation sites is 2. The number of aromatic amines is 1. The number of nitrogens with one attached hydrogen (secondary N) is 2. The monoisotopic (exact) mass is 524 g/mol. The van der Waals surface area contributed by atoms with Gasteiger partial charge in [-0.2, -0.15) is 13.2 Å². The van der Waals surface area contributed by atoms with E-state index in [0.717, 1.165) is 40.5 Å². The van der Waals surface area contributed by atoms with Crippen LogP contribution in [0.5, 0.6) is 0 Å². The summed E-state index contributed by atoms with van der Waals surface area (Å²) in [6.07, 6.45) is -5.08. The molecule has 0 atom stereocenters. The van der Waals surface area contributed by atoms with Crippen molar-refractivity contribution in [2.75, 3.05) is 5.73 Å². The zero-order valence-electron chi connectivity index (χ0n) is 19.4. The Kier molecular flexibility index (Phi) is 7.90. The molecule has 0 aliphatic heterocycles. The average Bonchev–Trinajstić information content (AvgIpc) is 3.52. The molecule has 0 fully saturated rings. The number of aromatic nitrogens is 2. The molecule has 5 rings (SSSR count). The number of imidazole rings is 1. The maximum Gasteiger partial charge on any atom is 0.490 e. The van der Waals surface area contributed by atoms with Crippen molar-refractivity contribution in [2.24, 2.45) is 0 Å². The summed E-state index contributed by atoms with van der Waals surface area (Å²) in [6, 6.07) is 29.1. The summed E-state index contributed by atoms with van der Waals surface area (Å²) in [5.41, 5.74) is 12.4. The summed E-state index contributed by atoms with van der Waals surface area (Å²) in [6.45, 7) is 1.61. The Labute approximate surface area is 214 Å². The number of rotatable bonds is 6. The number of thiophene rings is 1. The first kappa shape index (κ1) is 25.9. The van der Waals surface area contributed by atoms with Crippen molar-refractivity contribution < 1.29 is 23.1 Å². The number of hydrogen-bond donors (Lipinski definition) is 4. The molecular formula is C27H23F3N4O2S. The summed E-state index contributed by atoms with van der Waals surface area (Å²) in [7, 11) is 0. The van der Waals surface area contributed by atoms with Crippen LogP contribution in [-0.2, 0) is 17.9 Å². The third-order valence-corrected chi connectivity index (χ3v) is 6.43. The first-order valence-electron chi connectivity index (χ1n) is 11.2. The standard InChI is InChI=1S/C25H22N4S.C2HF3O2/c26-20-8-4-6-18(14-20)16-27-15-17-5-3-7-19(13-17)23-11-12-24(30-23)25-28-21-9-1-2-10-22(21)29-25;3-2(4,5)1(6)7/h1-14,27H,15-16,26H2,(H,28,29);(H,6,7). The summed E-state index contributed by atoms with van der Waals surface area (Å²) >= 11 is 1.76. The molecule has 10 heteroatoms. The first-order chi connectivity index (χ1) is 17.7. The van der Waals surface area contributed by atoms with Gasteiger partial charge in [-0.25, -0.2) is 9.78 Å². The van der Waals surface area contributed by atoms with Gasteiger partial charge in [-0.05, 0) is 59.2 Å². The van der Waals surface area contributed by atoms with Gasteiger partial charge >= 0.3 is 12.1 Å². The summed E-state index contributed by atoms with van der Waals surface area (Å²) in [5, 5.41) is 10.6. The molecule has 0 aliphatic rings. The van der Waals surface area contributed by atoms with Gasteiger partial charge < -0.3 is 21.1 Å². The second-order valence-corrected chi connectivity index (χ2v) is 9.20. The number of H-pyrrole nitrogens is 1. The highest BCUT2D eigenvalue weighted by Gasteiger charge is 2.38. The topological polar surface area (TPSA) is 104 Å². The summed E-state index contributed by atoms with van der Waals surface area (Å²) in [5.74, 6) is -1.83. The van der Waals surface area contributed by atoms with Crippen LogP contribution < -0.4 is 11.1 Å². The molecule has 2 heterocycles. The Morgan fingerprint density at radius 1 is 0.919 bits per heavy atom. The van der Waals surface area contributed by atoms with Crippen molar-refractivity contribution in [1.29, 1.82) is 0 Å². The van der Waals surface area contributed by atoms with Gasteiger partial charge in [0.15, 0.2) is 0 Å². The predicted octanol–water partition coefficient (Wildman–Crippen LogP) is 6.46. The number of benzene rings is 3. The van der Waals surface area contributed by atoms with Crippen LogP contribution in [0.3, 0.4) is 0 Å². The SMILES string of the molecule is Nc1cccc(CNCc2cccc(-c3ccc(-c4nc5ccccc5[nH]4)s3)c2)c1.O=C(O)C(F)(F)F. The number of nitrogen functional groups attached to an aromatic ring is 1. The smallest absolute Gasteiger partial charge is 0.475 e. The summed E-state index contributed by atoms with van der Waals surface area (Å²) < 4.78 is 31.7. The number of alkyl halides is 3. The lowest BCUT2D eigenvalue weighted by Gasteiger charge is -2.07. The van der Waals surface area contributed by atoms with E-state index in [9.17, 15) is 13.2 Å². The lowest BCUT2D eigenvalue weighted by Crippen LogP contribution is -2.21. The number of hydrogen-bond acceptors (Lipinski definition) is 5. The lowest BCUT2D eigenvalue weighted by atomic mass is 10.1. The van der Waals surface area contributed by atoms with E-state index in [2.05, 4.69) is 58.8 Å². The molecule has 5 N–H and O–H groups in total. The highest BCUT2D eigenvalue weighted by atomic mass is 32.1. The molecule has 0 radical (unpaired) electrons. The number of nitrogens with zero attached hydrogens (tertiary/aromatic N) is 1. The molecule has 0 bridgehead atoms. The molecule has 0 spiro atoms. The fraction of sp³-hybridized carbons (Fsp3) is 0.111. The maximum absolute atomic E-state index is 10.6. The van der Waals surface area contributed by atoms with E-state index in [0.29, 0.717) is 0 Å². The van der Waals surface area contributed by atoms with E-state index < -0.39 is 12.1 Å². The second-order valence-electron chi connectivity index (χ2n) is 8.12. The van der Waals surface area contributed by atoms with E-state index >= 15 is 0 Å². The van der Waals surface area contributed by atoms with Gasteiger partial charge in [-0.1, -0.05) is 42.5 Å². The number of aliphatic carboxylic acids is 1. The molecule has 0 unspecified atom stereocenters. The fourth-order valence-corrected chi connectivity index (χ4v) is 4.53. The number of nitrogens with two attached hydrogens (primary N) is 1. The van der Waals surface area contributed by atoms with Gasteiger partial charge in [-0.15, -0.1) is 11.3 Å². The van der Waals surface area contributed by atoms with E-state index in [-0.39, 0.29) is 0 Å². The van der Waals surface area contributed by atoms with Gasteiger partial charge in [0.05, 0.1) is 15.9 Å². The largest absolute Gasteiger partial charge is 0.490 e. The fourth-order valence-electron chi connectivity index (χ4n) is 3.58. The molecule has 3 aromatic carbocycles. The third kappa shape index (κ3) is 6.96. The molecule has 2 aromatic heterocycles. The van der Waals surface area contributed by atoms with Crippen LogP contribution in [0.1, 0.15) is 11.1 Å². The maximum atomic E-state index is 10.6. The van der Waals surface area contributed by atoms with Crippen molar-refractivity contribution in [1.82, 2.24) is 15.3 Å². The van der Waals surface area contributed by atoms with Crippen molar-refractivity contribution in [3.8, 4) is 21.1 Å². The first-order valence-corrected chi connectivity index (χ1v) is 12.0.